The highest BCUT2D eigenvalue weighted by Crippen LogP contribution is 2.31. The molecule has 0 unspecified atom stereocenters. The summed E-state index contributed by atoms with van der Waals surface area (Å²) >= 11 is 4.83. The molecular weight excluding hydrogens is 305 g/mol. The molecule has 0 saturated carbocycles. The smallest absolute Gasteiger partial charge is 0.265 e. The van der Waals surface area contributed by atoms with Crippen LogP contribution in [0.4, 0.5) is 13.2 Å². The van der Waals surface area contributed by atoms with Crippen molar-refractivity contribution in [1.29, 1.82) is 0 Å². The van der Waals surface area contributed by atoms with Gasteiger partial charge in [-0.25, -0.2) is 0 Å². The molecule has 1 aromatic heterocycles. The molecule has 1 heterocycles. The summed E-state index contributed by atoms with van der Waals surface area (Å²) in [4.78, 5) is 11.8. The lowest BCUT2D eigenvalue weighted by atomic mass is 10.1. The fraction of sp³-hybridized carbons (Fsp3) is 0.167. The van der Waals surface area contributed by atoms with E-state index in [0.717, 1.165) is 17.0 Å². The molecule has 1 aromatic carbocycles. The topological polar surface area (TPSA) is 63.0 Å². The highest BCUT2D eigenvalue weighted by molar-refractivity contribution is 7.71. The zero-order valence-corrected chi connectivity index (χ0v) is 11.5. The molecule has 0 saturated heterocycles. The maximum Gasteiger partial charge on any atom is 0.417 e. The number of halogens is 3. The van der Waals surface area contributed by atoms with Crippen LogP contribution in [0, 0.1) is 11.7 Å². The van der Waals surface area contributed by atoms with Gasteiger partial charge in [-0.05, 0) is 25.2 Å². The van der Waals surface area contributed by atoms with Crippen LogP contribution in [0.15, 0.2) is 34.2 Å². The van der Waals surface area contributed by atoms with Crippen molar-refractivity contribution in [3.05, 3.63) is 56.2 Å². The van der Waals surface area contributed by atoms with Crippen LogP contribution in [0.2, 0.25) is 0 Å². The van der Waals surface area contributed by atoms with Gasteiger partial charge in [-0.15, -0.1) is 0 Å². The molecule has 110 valence electrons. The molecule has 0 atom stereocenters. The maximum atomic E-state index is 12.8. The molecule has 9 heteroatoms. The second-order valence-corrected chi connectivity index (χ2v) is 4.45. The van der Waals surface area contributed by atoms with E-state index < -0.39 is 17.3 Å². The summed E-state index contributed by atoms with van der Waals surface area (Å²) in [6.07, 6.45) is -3.57. The lowest BCUT2D eigenvalue weighted by Gasteiger charge is -2.09. The van der Waals surface area contributed by atoms with Gasteiger partial charge in [-0.3, -0.25) is 9.89 Å². The van der Waals surface area contributed by atoms with Crippen molar-refractivity contribution in [2.75, 3.05) is 0 Å². The van der Waals surface area contributed by atoms with Crippen LogP contribution < -0.4 is 5.56 Å². The molecule has 0 fully saturated rings. The van der Waals surface area contributed by atoms with Crippen LogP contribution in [0.25, 0.3) is 0 Å². The van der Waals surface area contributed by atoms with Crippen LogP contribution in [-0.2, 0) is 6.18 Å². The largest absolute Gasteiger partial charge is 0.417 e. The average molecular weight is 314 g/mol. The van der Waals surface area contributed by atoms with Crippen LogP contribution in [0.3, 0.4) is 0 Å². The van der Waals surface area contributed by atoms with Gasteiger partial charge in [0.1, 0.15) is 5.69 Å². The van der Waals surface area contributed by atoms with Crippen molar-refractivity contribution in [3.8, 4) is 0 Å². The van der Waals surface area contributed by atoms with E-state index >= 15 is 0 Å². The zero-order valence-electron chi connectivity index (χ0n) is 10.7. The molecule has 0 aliphatic carbocycles. The van der Waals surface area contributed by atoms with Crippen molar-refractivity contribution in [1.82, 2.24) is 14.9 Å². The molecule has 0 spiro atoms. The molecule has 21 heavy (non-hydrogen) atoms. The van der Waals surface area contributed by atoms with E-state index in [1.165, 1.54) is 25.1 Å². The number of aromatic amines is 1. The Morgan fingerprint density at radius 3 is 2.71 bits per heavy atom. The Morgan fingerprint density at radius 1 is 1.38 bits per heavy atom. The molecule has 0 bridgehead atoms. The van der Waals surface area contributed by atoms with Crippen molar-refractivity contribution in [2.24, 2.45) is 5.10 Å². The number of aromatic nitrogens is 3. The Balaban J connectivity index is 2.52. The summed E-state index contributed by atoms with van der Waals surface area (Å²) in [6.45, 7) is 1.43. The van der Waals surface area contributed by atoms with Crippen LogP contribution in [-0.4, -0.2) is 21.1 Å². The summed E-state index contributed by atoms with van der Waals surface area (Å²) in [5.74, 6) is 0. The monoisotopic (exact) mass is 314 g/mol. The number of rotatable bonds is 2. The SMILES string of the molecule is Cc1n[nH]c(=S)n(/N=C/c2ccccc2C(F)(F)F)c1=O. The van der Waals surface area contributed by atoms with Crippen LogP contribution in [0.1, 0.15) is 16.8 Å². The minimum Gasteiger partial charge on any atom is -0.265 e. The first-order valence-corrected chi connectivity index (χ1v) is 6.10. The van der Waals surface area contributed by atoms with E-state index in [2.05, 4.69) is 15.3 Å². The number of aryl methyl sites for hydroxylation is 1. The van der Waals surface area contributed by atoms with Gasteiger partial charge in [0.2, 0.25) is 4.77 Å². The van der Waals surface area contributed by atoms with Crippen LogP contribution >= 0.6 is 12.2 Å². The summed E-state index contributed by atoms with van der Waals surface area (Å²) in [6, 6.07) is 4.90. The number of nitrogens with one attached hydrogen (secondary N) is 1. The first-order valence-electron chi connectivity index (χ1n) is 5.69. The van der Waals surface area contributed by atoms with Gasteiger partial charge in [0, 0.05) is 5.56 Å². The standard InChI is InChI=1S/C12H9F3N4OS/c1-7-10(20)19(11(21)18-17-7)16-6-8-4-2-3-5-9(8)12(13,14)15/h2-6H,1H3,(H,18,21)/b16-6+. The van der Waals surface area contributed by atoms with Crippen molar-refractivity contribution < 1.29 is 13.2 Å². The van der Waals surface area contributed by atoms with Gasteiger partial charge in [0.05, 0.1) is 11.8 Å². The zero-order chi connectivity index (χ0) is 15.6. The second kappa shape index (κ2) is 5.60. The van der Waals surface area contributed by atoms with Gasteiger partial charge in [-0.2, -0.15) is 28.0 Å². The van der Waals surface area contributed by atoms with Crippen molar-refractivity contribution in [2.45, 2.75) is 13.1 Å². The first-order chi connectivity index (χ1) is 9.80. The van der Waals surface area contributed by atoms with E-state index in [9.17, 15) is 18.0 Å². The molecule has 5 nitrogen and oxygen atoms in total. The molecule has 2 rings (SSSR count). The molecule has 0 radical (unpaired) electrons. The van der Waals surface area contributed by atoms with Gasteiger partial charge < -0.3 is 0 Å². The molecular formula is C12H9F3N4OS. The normalized spacial score (nSPS) is 12.0. The highest BCUT2D eigenvalue weighted by Gasteiger charge is 2.32. The third kappa shape index (κ3) is 3.24. The first kappa shape index (κ1) is 15.1. The molecule has 0 aliphatic rings. The number of nitrogens with zero attached hydrogens (tertiary/aromatic N) is 3. The molecule has 0 aliphatic heterocycles. The molecule has 0 amide bonds. The Bertz CT molecular complexity index is 807. The lowest BCUT2D eigenvalue weighted by molar-refractivity contribution is -0.137. The maximum absolute atomic E-state index is 12.8. The molecule has 1 N–H and O–H groups in total. The van der Waals surface area contributed by atoms with Gasteiger partial charge in [0.25, 0.3) is 5.56 Å². The van der Waals surface area contributed by atoms with E-state index in [1.54, 1.807) is 0 Å². The summed E-state index contributed by atoms with van der Waals surface area (Å²) in [5, 5.41) is 9.73. The highest BCUT2D eigenvalue weighted by atomic mass is 32.1. The number of H-pyrrole nitrogens is 1. The van der Waals surface area contributed by atoms with Crippen LogP contribution in [0.5, 0.6) is 0 Å². The molecule has 2 aromatic rings. The van der Waals surface area contributed by atoms with E-state index in [0.29, 0.717) is 0 Å². The fourth-order valence-corrected chi connectivity index (χ4v) is 1.74. The number of hydrogen-bond donors (Lipinski definition) is 1. The Kier molecular flexibility index (Phi) is 4.03. The predicted octanol–water partition coefficient (Wildman–Crippen LogP) is 2.51. The summed E-state index contributed by atoms with van der Waals surface area (Å²) in [5.41, 5.74) is -1.51. The second-order valence-electron chi connectivity index (χ2n) is 4.06. The quantitative estimate of drug-likeness (QED) is 0.684. The lowest BCUT2D eigenvalue weighted by Crippen LogP contribution is -2.22. The summed E-state index contributed by atoms with van der Waals surface area (Å²) < 4.78 is 39.2. The van der Waals surface area contributed by atoms with Crippen molar-refractivity contribution in [3.63, 3.8) is 0 Å². The average Bonchev–Trinajstić information content (AvgIpc) is 2.42. The minimum absolute atomic E-state index is 0.102. The number of hydrogen-bond acceptors (Lipinski definition) is 4. The number of benzene rings is 1. The van der Waals surface area contributed by atoms with E-state index in [-0.39, 0.29) is 16.0 Å². The Morgan fingerprint density at radius 2 is 2.05 bits per heavy atom. The minimum atomic E-state index is -4.51. The van der Waals surface area contributed by atoms with Gasteiger partial charge in [0.15, 0.2) is 0 Å². The van der Waals surface area contributed by atoms with E-state index in [4.69, 9.17) is 12.2 Å². The number of alkyl halides is 3. The van der Waals surface area contributed by atoms with E-state index in [1.807, 2.05) is 0 Å². The third-order valence-electron chi connectivity index (χ3n) is 2.59. The predicted molar refractivity (Wildman–Crippen MR) is 72.9 cm³/mol. The summed E-state index contributed by atoms with van der Waals surface area (Å²) in [7, 11) is 0. The van der Waals surface area contributed by atoms with Gasteiger partial charge in [-0.1, -0.05) is 18.2 Å². The fourth-order valence-electron chi connectivity index (χ4n) is 1.56. The van der Waals surface area contributed by atoms with Gasteiger partial charge >= 0.3 is 6.18 Å². The Hall–Kier alpha value is -2.29. The van der Waals surface area contributed by atoms with Crippen molar-refractivity contribution >= 4 is 18.4 Å². The Labute approximate surface area is 121 Å². The third-order valence-corrected chi connectivity index (χ3v) is 2.86.